The van der Waals surface area contributed by atoms with E-state index in [1.165, 1.54) is 5.56 Å². The van der Waals surface area contributed by atoms with Gasteiger partial charge in [0, 0.05) is 30.4 Å². The van der Waals surface area contributed by atoms with Crippen molar-refractivity contribution in [3.05, 3.63) is 53.7 Å². The van der Waals surface area contributed by atoms with E-state index in [9.17, 15) is 0 Å². The van der Waals surface area contributed by atoms with Gasteiger partial charge < -0.3 is 4.74 Å². The maximum absolute atomic E-state index is 5.91. The van der Waals surface area contributed by atoms with Crippen molar-refractivity contribution >= 4 is 10.9 Å². The van der Waals surface area contributed by atoms with Crippen molar-refractivity contribution in [3.63, 3.8) is 0 Å². The van der Waals surface area contributed by atoms with Gasteiger partial charge in [0.2, 0.25) is 0 Å². The monoisotopic (exact) mass is 337 g/mol. The third kappa shape index (κ3) is 3.70. The molecule has 0 N–H and O–H groups in total. The highest BCUT2D eigenvalue weighted by atomic mass is 16.5. The molecule has 1 aliphatic rings. The topological polar surface area (TPSA) is 56.1 Å². The Balaban J connectivity index is 1.45. The molecule has 1 aromatic carbocycles. The van der Waals surface area contributed by atoms with Gasteiger partial charge in [-0.05, 0) is 25.5 Å². The fraction of sp³-hybridized carbons (Fsp3) is 0.421. The average Bonchev–Trinajstić information content (AvgIpc) is 3.00. The van der Waals surface area contributed by atoms with Crippen LogP contribution in [0, 0.1) is 13.8 Å². The van der Waals surface area contributed by atoms with E-state index in [1.54, 1.807) is 0 Å². The highest BCUT2D eigenvalue weighted by Gasteiger charge is 2.22. The molecule has 1 saturated heterocycles. The molecule has 2 aromatic heterocycles. The standard InChI is InChI=1S/C19H23N5O/c1-14-9-20-24(10-14)12-16-11-23(7-8-25-16)13-19-21-15(2)17-5-3-4-6-18(17)22-19/h3-6,9-10,16H,7-8,11-13H2,1-2H3/t16-/m1/s1. The Morgan fingerprint density at radius 1 is 1.20 bits per heavy atom. The molecule has 3 aromatic rings. The number of benzene rings is 1. The Labute approximate surface area is 147 Å². The highest BCUT2D eigenvalue weighted by molar-refractivity contribution is 5.80. The molecular formula is C19H23N5O. The lowest BCUT2D eigenvalue weighted by Gasteiger charge is -2.32. The van der Waals surface area contributed by atoms with Crippen LogP contribution in [0.15, 0.2) is 36.7 Å². The fourth-order valence-corrected chi connectivity index (χ4v) is 3.38. The van der Waals surface area contributed by atoms with Crippen LogP contribution in [0.25, 0.3) is 10.9 Å². The number of hydrogen-bond acceptors (Lipinski definition) is 5. The molecule has 1 fully saturated rings. The zero-order valence-corrected chi connectivity index (χ0v) is 14.7. The van der Waals surface area contributed by atoms with Crippen LogP contribution in [-0.2, 0) is 17.8 Å². The molecule has 0 aliphatic carbocycles. The number of para-hydroxylation sites is 1. The summed E-state index contributed by atoms with van der Waals surface area (Å²) in [6.45, 7) is 8.15. The average molecular weight is 337 g/mol. The highest BCUT2D eigenvalue weighted by Crippen LogP contribution is 2.16. The summed E-state index contributed by atoms with van der Waals surface area (Å²) in [5, 5.41) is 5.48. The van der Waals surface area contributed by atoms with Gasteiger partial charge in [-0.25, -0.2) is 9.97 Å². The fourth-order valence-electron chi connectivity index (χ4n) is 3.38. The quantitative estimate of drug-likeness (QED) is 0.731. The number of nitrogens with zero attached hydrogens (tertiary/aromatic N) is 5. The van der Waals surface area contributed by atoms with Gasteiger partial charge in [-0.15, -0.1) is 0 Å². The van der Waals surface area contributed by atoms with Crippen LogP contribution in [0.4, 0.5) is 0 Å². The second-order valence-electron chi connectivity index (χ2n) is 6.71. The predicted molar refractivity (Wildman–Crippen MR) is 96.3 cm³/mol. The smallest absolute Gasteiger partial charge is 0.143 e. The van der Waals surface area contributed by atoms with Crippen molar-refractivity contribution in [2.24, 2.45) is 0 Å². The lowest BCUT2D eigenvalue weighted by atomic mass is 10.2. The molecule has 6 nitrogen and oxygen atoms in total. The molecule has 25 heavy (non-hydrogen) atoms. The van der Waals surface area contributed by atoms with Gasteiger partial charge in [-0.3, -0.25) is 9.58 Å². The Morgan fingerprint density at radius 2 is 2.08 bits per heavy atom. The van der Waals surface area contributed by atoms with Gasteiger partial charge in [0.15, 0.2) is 0 Å². The summed E-state index contributed by atoms with van der Waals surface area (Å²) in [6, 6.07) is 8.18. The number of ether oxygens (including phenoxy) is 1. The van der Waals surface area contributed by atoms with Gasteiger partial charge >= 0.3 is 0 Å². The third-order valence-corrected chi connectivity index (χ3v) is 4.58. The summed E-state index contributed by atoms with van der Waals surface area (Å²) in [4.78, 5) is 11.8. The van der Waals surface area contributed by atoms with E-state index in [0.29, 0.717) is 0 Å². The van der Waals surface area contributed by atoms with Crippen molar-refractivity contribution < 1.29 is 4.74 Å². The summed E-state index contributed by atoms with van der Waals surface area (Å²) >= 11 is 0. The number of rotatable bonds is 4. The van der Waals surface area contributed by atoms with Crippen LogP contribution in [0.1, 0.15) is 17.1 Å². The lowest BCUT2D eigenvalue weighted by molar-refractivity contribution is -0.0409. The molecule has 1 atom stereocenters. The first-order valence-electron chi connectivity index (χ1n) is 8.72. The van der Waals surface area contributed by atoms with Crippen molar-refractivity contribution in [2.45, 2.75) is 33.0 Å². The summed E-state index contributed by atoms with van der Waals surface area (Å²) in [5.41, 5.74) is 3.23. The molecule has 3 heterocycles. The Morgan fingerprint density at radius 3 is 2.92 bits per heavy atom. The van der Waals surface area contributed by atoms with Gasteiger partial charge in [0.1, 0.15) is 5.82 Å². The largest absolute Gasteiger partial charge is 0.374 e. The van der Waals surface area contributed by atoms with Crippen molar-refractivity contribution in [1.29, 1.82) is 0 Å². The zero-order chi connectivity index (χ0) is 17.2. The van der Waals surface area contributed by atoms with E-state index in [0.717, 1.165) is 55.2 Å². The number of morpholine rings is 1. The van der Waals surface area contributed by atoms with Crippen molar-refractivity contribution in [2.75, 3.05) is 19.7 Å². The van der Waals surface area contributed by atoms with Crippen LogP contribution >= 0.6 is 0 Å². The van der Waals surface area contributed by atoms with E-state index in [1.807, 2.05) is 23.0 Å². The van der Waals surface area contributed by atoms with Gasteiger partial charge in [0.05, 0.1) is 37.5 Å². The summed E-state index contributed by atoms with van der Waals surface area (Å²) in [7, 11) is 0. The number of fused-ring (bicyclic) bond motifs is 1. The van der Waals surface area contributed by atoms with Crippen LogP contribution in [0.5, 0.6) is 0 Å². The summed E-state index contributed by atoms with van der Waals surface area (Å²) < 4.78 is 7.87. The Kier molecular flexibility index (Phi) is 4.46. The van der Waals surface area contributed by atoms with Gasteiger partial charge in [-0.2, -0.15) is 5.10 Å². The number of aryl methyl sites for hydroxylation is 2. The minimum absolute atomic E-state index is 0.148. The second kappa shape index (κ2) is 6.90. The Bertz CT molecular complexity index is 875. The molecular weight excluding hydrogens is 314 g/mol. The minimum Gasteiger partial charge on any atom is -0.374 e. The van der Waals surface area contributed by atoms with E-state index in [2.05, 4.69) is 42.2 Å². The maximum Gasteiger partial charge on any atom is 0.143 e. The van der Waals surface area contributed by atoms with Crippen molar-refractivity contribution in [1.82, 2.24) is 24.6 Å². The van der Waals surface area contributed by atoms with Gasteiger partial charge in [-0.1, -0.05) is 18.2 Å². The van der Waals surface area contributed by atoms with Crippen molar-refractivity contribution in [3.8, 4) is 0 Å². The second-order valence-corrected chi connectivity index (χ2v) is 6.71. The molecule has 4 rings (SSSR count). The predicted octanol–water partition coefficient (Wildman–Crippen LogP) is 2.34. The molecule has 0 saturated carbocycles. The first-order chi connectivity index (χ1) is 12.2. The molecule has 0 amide bonds. The van der Waals surface area contributed by atoms with Crippen LogP contribution in [-0.4, -0.2) is 50.4 Å². The Hall–Kier alpha value is -2.31. The SMILES string of the molecule is Cc1cnn(C[C@H]2CN(Cc3nc(C)c4ccccc4n3)CCO2)c1. The maximum atomic E-state index is 5.91. The minimum atomic E-state index is 0.148. The van der Waals surface area contributed by atoms with E-state index < -0.39 is 0 Å². The summed E-state index contributed by atoms with van der Waals surface area (Å²) in [5.74, 6) is 0.881. The third-order valence-electron chi connectivity index (χ3n) is 4.58. The molecule has 0 bridgehead atoms. The van der Waals surface area contributed by atoms with Crippen LogP contribution in [0.2, 0.25) is 0 Å². The first kappa shape index (κ1) is 16.2. The number of aromatic nitrogens is 4. The summed E-state index contributed by atoms with van der Waals surface area (Å²) in [6.07, 6.45) is 4.08. The molecule has 0 radical (unpaired) electrons. The van der Waals surface area contributed by atoms with E-state index in [4.69, 9.17) is 14.7 Å². The van der Waals surface area contributed by atoms with Crippen LogP contribution < -0.4 is 0 Å². The normalized spacial score (nSPS) is 18.7. The first-order valence-corrected chi connectivity index (χ1v) is 8.72. The van der Waals surface area contributed by atoms with Crippen LogP contribution in [0.3, 0.4) is 0 Å². The molecule has 6 heteroatoms. The van der Waals surface area contributed by atoms with E-state index in [-0.39, 0.29) is 6.10 Å². The molecule has 0 spiro atoms. The lowest BCUT2D eigenvalue weighted by Crippen LogP contribution is -2.44. The van der Waals surface area contributed by atoms with E-state index >= 15 is 0 Å². The molecule has 1 aliphatic heterocycles. The number of hydrogen-bond donors (Lipinski definition) is 0. The van der Waals surface area contributed by atoms with Gasteiger partial charge in [0.25, 0.3) is 0 Å². The zero-order valence-electron chi connectivity index (χ0n) is 14.7. The molecule has 0 unspecified atom stereocenters. The molecule has 130 valence electrons.